The van der Waals surface area contributed by atoms with E-state index in [1.54, 1.807) is 0 Å². The largest absolute Gasteiger partial charge is 0.444 e. The van der Waals surface area contributed by atoms with Crippen LogP contribution in [0.15, 0.2) is 51.6 Å². The predicted octanol–water partition coefficient (Wildman–Crippen LogP) is 3.85. The Morgan fingerprint density at radius 2 is 1.65 bits per heavy atom. The van der Waals surface area contributed by atoms with E-state index < -0.39 is 56.2 Å². The lowest BCUT2D eigenvalue weighted by Gasteiger charge is -2.47. The standard InChI is InChI=1S/C35H51BrN4O7S/c1-34(2,3)39-31(42)26-19-23-14-10-11-15-24(23)20-40(26)21-27(41)25(18-22-12-8-7-9-13-22)37-33(44)30(35(4,5)48(6,45)46)38-32(43)28-16-17-29(36)47-28/h7-9,12-13,16-17,23-27,30,41H,10-11,14-15,18-21H2,1-6H3,(H,37,44)(H,38,43)(H,39,42)/t23?,24?,25-,26-,27+,30+/m0/s1. The van der Waals surface area contributed by atoms with E-state index in [1.165, 1.54) is 26.0 Å². The summed E-state index contributed by atoms with van der Waals surface area (Å²) >= 11 is 3.16. The molecular formula is C35H51BrN4O7S. The Bertz CT molecular complexity index is 1540. The normalized spacial score (nSPS) is 22.5. The first-order chi connectivity index (χ1) is 22.4. The number of furan rings is 1. The van der Waals surface area contributed by atoms with Gasteiger partial charge in [-0.05, 0) is 99.3 Å². The number of likely N-dealkylation sites (tertiary alicyclic amines) is 1. The molecule has 1 aliphatic carbocycles. The van der Waals surface area contributed by atoms with Crippen molar-refractivity contribution in [3.05, 3.63) is 58.5 Å². The fourth-order valence-electron chi connectivity index (χ4n) is 6.82. The zero-order valence-corrected chi connectivity index (χ0v) is 31.2. The average Bonchev–Trinajstić information content (AvgIpc) is 3.44. The third-order valence-corrected chi connectivity index (χ3v) is 12.4. The van der Waals surface area contributed by atoms with Crippen LogP contribution in [0.25, 0.3) is 0 Å². The zero-order valence-electron chi connectivity index (χ0n) is 28.8. The molecule has 1 aliphatic heterocycles. The van der Waals surface area contributed by atoms with Crippen LogP contribution in [0, 0.1) is 11.8 Å². The number of nitrogens with one attached hydrogen (secondary N) is 3. The highest BCUT2D eigenvalue weighted by Crippen LogP contribution is 2.39. The number of aliphatic hydroxyl groups is 1. The van der Waals surface area contributed by atoms with Crippen LogP contribution in [0.5, 0.6) is 0 Å². The van der Waals surface area contributed by atoms with E-state index in [-0.39, 0.29) is 24.6 Å². The number of β-amino-alcohol motifs (C(OH)–C–C–N with tert-alkyl or cyclic N) is 1. The second kappa shape index (κ2) is 15.4. The number of piperidine rings is 1. The summed E-state index contributed by atoms with van der Waals surface area (Å²) in [5, 5.41) is 20.5. The molecule has 1 aromatic carbocycles. The van der Waals surface area contributed by atoms with E-state index in [1.807, 2.05) is 51.1 Å². The Balaban J connectivity index is 1.62. The third kappa shape index (κ3) is 9.70. The van der Waals surface area contributed by atoms with Crippen molar-refractivity contribution in [2.24, 2.45) is 11.8 Å². The number of aliphatic hydroxyl groups excluding tert-OH is 1. The maximum Gasteiger partial charge on any atom is 0.287 e. The summed E-state index contributed by atoms with van der Waals surface area (Å²) in [5.41, 5.74) is 0.421. The lowest BCUT2D eigenvalue weighted by molar-refractivity contribution is -0.133. The summed E-state index contributed by atoms with van der Waals surface area (Å²) in [7, 11) is -3.88. The lowest BCUT2D eigenvalue weighted by atomic mass is 9.72. The van der Waals surface area contributed by atoms with Gasteiger partial charge >= 0.3 is 0 Å². The van der Waals surface area contributed by atoms with Crippen molar-refractivity contribution in [3.63, 3.8) is 0 Å². The summed E-state index contributed by atoms with van der Waals surface area (Å²) in [6.07, 6.45) is 5.28. The third-order valence-electron chi connectivity index (χ3n) is 9.80. The van der Waals surface area contributed by atoms with Crippen molar-refractivity contribution in [1.82, 2.24) is 20.9 Å². The van der Waals surface area contributed by atoms with Crippen molar-refractivity contribution in [2.45, 2.75) is 108 Å². The Kier molecular flexibility index (Phi) is 12.2. The molecule has 11 nitrogen and oxygen atoms in total. The van der Waals surface area contributed by atoms with Gasteiger partial charge < -0.3 is 25.5 Å². The number of rotatable bonds is 12. The van der Waals surface area contributed by atoms with Gasteiger partial charge in [-0.1, -0.05) is 49.6 Å². The number of hydrogen-bond acceptors (Lipinski definition) is 8. The van der Waals surface area contributed by atoms with Gasteiger partial charge in [0.15, 0.2) is 20.3 Å². The molecule has 266 valence electrons. The van der Waals surface area contributed by atoms with E-state index >= 15 is 0 Å². The summed E-state index contributed by atoms with van der Waals surface area (Å²) in [6, 6.07) is 9.44. The molecule has 0 bridgehead atoms. The number of amides is 3. The quantitative estimate of drug-likeness (QED) is 0.255. The number of benzene rings is 1. The fourth-order valence-corrected chi connectivity index (χ4v) is 7.72. The van der Waals surface area contributed by atoms with Gasteiger partial charge in [0.05, 0.1) is 22.9 Å². The highest BCUT2D eigenvalue weighted by atomic mass is 79.9. The van der Waals surface area contributed by atoms with Gasteiger partial charge in [-0.15, -0.1) is 0 Å². The van der Waals surface area contributed by atoms with Crippen LogP contribution in [0.1, 0.15) is 82.8 Å². The van der Waals surface area contributed by atoms with Crippen LogP contribution in [0.3, 0.4) is 0 Å². The van der Waals surface area contributed by atoms with E-state index in [2.05, 4.69) is 36.8 Å². The maximum atomic E-state index is 14.1. The minimum absolute atomic E-state index is 0.0791. The fraction of sp³-hybridized carbons (Fsp3) is 0.629. The number of fused-ring (bicyclic) bond motifs is 1. The molecule has 6 atom stereocenters. The van der Waals surface area contributed by atoms with Gasteiger partial charge in [0.25, 0.3) is 5.91 Å². The van der Waals surface area contributed by atoms with Gasteiger partial charge in [-0.25, -0.2) is 8.42 Å². The van der Waals surface area contributed by atoms with Crippen molar-refractivity contribution in [2.75, 3.05) is 19.3 Å². The van der Waals surface area contributed by atoms with E-state index in [0.29, 0.717) is 29.5 Å². The minimum Gasteiger partial charge on any atom is -0.444 e. The number of halogens is 1. The first kappa shape index (κ1) is 38.1. The van der Waals surface area contributed by atoms with Crippen molar-refractivity contribution >= 4 is 43.5 Å². The first-order valence-electron chi connectivity index (χ1n) is 16.7. The van der Waals surface area contributed by atoms with Crippen LogP contribution in [0.2, 0.25) is 0 Å². The van der Waals surface area contributed by atoms with E-state index in [4.69, 9.17) is 4.42 Å². The van der Waals surface area contributed by atoms with Crippen LogP contribution in [0.4, 0.5) is 0 Å². The number of hydrogen-bond donors (Lipinski definition) is 4. The molecule has 4 N–H and O–H groups in total. The smallest absolute Gasteiger partial charge is 0.287 e. The topological polar surface area (TPSA) is 158 Å². The SMILES string of the molecule is CC(C)(C)NC(=O)[C@@H]1CC2CCCCC2CN1C[C@@H](O)[C@H](Cc1ccccc1)NC(=O)[C@@H](NC(=O)c1ccc(Br)o1)C(C)(C)S(C)(=O)=O. The number of carbonyl (C=O) groups is 3. The molecule has 0 spiro atoms. The number of carbonyl (C=O) groups excluding carboxylic acids is 3. The molecule has 2 fully saturated rings. The highest BCUT2D eigenvalue weighted by molar-refractivity contribution is 9.10. The summed E-state index contributed by atoms with van der Waals surface area (Å²) < 4.78 is 29.8. The molecule has 2 aliphatic rings. The van der Waals surface area contributed by atoms with Crippen LogP contribution in [-0.4, -0.2) is 90.0 Å². The van der Waals surface area contributed by atoms with Crippen molar-refractivity contribution in [3.8, 4) is 0 Å². The second-order valence-corrected chi connectivity index (χ2v) is 18.4. The summed E-state index contributed by atoms with van der Waals surface area (Å²) in [5.74, 6) is -0.845. The zero-order chi connectivity index (χ0) is 35.4. The van der Waals surface area contributed by atoms with Crippen LogP contribution < -0.4 is 16.0 Å². The number of nitrogens with zero attached hydrogens (tertiary/aromatic N) is 1. The molecular weight excluding hydrogens is 700 g/mol. The maximum absolute atomic E-state index is 14.1. The second-order valence-electron chi connectivity index (χ2n) is 15.0. The molecule has 1 aromatic heterocycles. The van der Waals surface area contributed by atoms with Gasteiger partial charge in [-0.2, -0.15) is 0 Å². The molecule has 13 heteroatoms. The van der Waals surface area contributed by atoms with Crippen molar-refractivity contribution < 1.29 is 32.3 Å². The van der Waals surface area contributed by atoms with Gasteiger partial charge in [-0.3, -0.25) is 19.3 Å². The van der Waals surface area contributed by atoms with Gasteiger partial charge in [0.2, 0.25) is 11.8 Å². The molecule has 2 unspecified atom stereocenters. The molecule has 2 heterocycles. The minimum atomic E-state index is -3.88. The summed E-state index contributed by atoms with van der Waals surface area (Å²) in [6.45, 7) is 9.37. The number of sulfone groups is 1. The lowest BCUT2D eigenvalue weighted by Crippen LogP contribution is -2.64. The molecule has 1 saturated heterocycles. The molecule has 2 aromatic rings. The summed E-state index contributed by atoms with van der Waals surface area (Å²) in [4.78, 5) is 42.9. The first-order valence-corrected chi connectivity index (χ1v) is 19.4. The molecule has 4 rings (SSSR count). The Morgan fingerprint density at radius 1 is 1.00 bits per heavy atom. The van der Waals surface area contributed by atoms with E-state index in [0.717, 1.165) is 37.5 Å². The predicted molar refractivity (Wildman–Crippen MR) is 188 cm³/mol. The average molecular weight is 752 g/mol. The Hall–Kier alpha value is -2.74. The highest BCUT2D eigenvalue weighted by Gasteiger charge is 2.46. The van der Waals surface area contributed by atoms with Crippen LogP contribution >= 0.6 is 15.9 Å². The van der Waals surface area contributed by atoms with Crippen LogP contribution in [-0.2, 0) is 25.8 Å². The molecule has 0 radical (unpaired) electrons. The monoisotopic (exact) mass is 750 g/mol. The molecule has 1 saturated carbocycles. The van der Waals surface area contributed by atoms with Gasteiger partial charge in [0.1, 0.15) is 6.04 Å². The van der Waals surface area contributed by atoms with Crippen molar-refractivity contribution in [1.29, 1.82) is 0 Å². The molecule has 48 heavy (non-hydrogen) atoms. The van der Waals surface area contributed by atoms with Gasteiger partial charge in [0, 0.05) is 24.9 Å². The Morgan fingerprint density at radius 3 is 2.23 bits per heavy atom. The van der Waals surface area contributed by atoms with E-state index in [9.17, 15) is 27.9 Å². The Labute approximate surface area is 293 Å². The molecule has 3 amide bonds.